The summed E-state index contributed by atoms with van der Waals surface area (Å²) in [6.45, 7) is 2.22. The van der Waals surface area contributed by atoms with Crippen molar-refractivity contribution in [2.24, 2.45) is 11.7 Å². The molecule has 1 fully saturated rings. The molecule has 1 saturated carbocycles. The number of nitrogens with zero attached hydrogens (tertiary/aromatic N) is 2. The number of benzene rings is 2. The first-order valence-corrected chi connectivity index (χ1v) is 10.6. The molecule has 0 bridgehead atoms. The van der Waals surface area contributed by atoms with E-state index in [-0.39, 0.29) is 12.1 Å². The zero-order chi connectivity index (χ0) is 21.4. The maximum atomic E-state index is 6.56. The molecule has 2 aromatic carbocycles. The van der Waals surface area contributed by atoms with E-state index in [1.54, 1.807) is 26.5 Å². The fraction of sp³-hybridized carbons (Fsp3) is 0.364. The number of fused-ring (bicyclic) bond motifs is 1. The molecule has 0 aliphatic heterocycles. The maximum Gasteiger partial charge on any atom is 0.223 e. The molecule has 0 amide bonds. The average molecular weight is 447 g/mol. The lowest BCUT2D eigenvalue weighted by atomic mass is 10.0. The van der Waals surface area contributed by atoms with Crippen LogP contribution in [-0.2, 0) is 0 Å². The van der Waals surface area contributed by atoms with Gasteiger partial charge in [0.15, 0.2) is 0 Å². The number of aromatic nitrogens is 2. The monoisotopic (exact) mass is 446 g/mol. The van der Waals surface area contributed by atoms with Crippen molar-refractivity contribution in [3.8, 4) is 22.6 Å². The first-order valence-electron chi connectivity index (χ1n) is 9.80. The van der Waals surface area contributed by atoms with Crippen LogP contribution < -0.4 is 20.5 Å². The van der Waals surface area contributed by atoms with Crippen molar-refractivity contribution in [3.63, 3.8) is 0 Å². The van der Waals surface area contributed by atoms with Gasteiger partial charge in [-0.25, -0.2) is 9.97 Å². The van der Waals surface area contributed by atoms with E-state index in [0.717, 1.165) is 29.3 Å². The second kappa shape index (κ2) is 8.46. The standard InChI is InChI=1S/C22H24Cl2N4O2/c1-11-6-14(25)16(7-11)28-22-26-10-13-8-12(4-5-15(13)27-22)19-20(23)17(29-2)9-18(30-3)21(19)24/h4-5,8-11,14,16H,6-7,25H2,1-3H3,(H,26,27,28)/t11-,14+,16-/m1/s1. The summed E-state index contributed by atoms with van der Waals surface area (Å²) in [6, 6.07) is 7.79. The van der Waals surface area contributed by atoms with E-state index in [1.807, 2.05) is 18.2 Å². The SMILES string of the molecule is COc1cc(OC)c(Cl)c(-c2ccc3nc(N[C@@H]4C[C@H](C)C[C@@H]4N)ncc3c2)c1Cl. The predicted molar refractivity (Wildman–Crippen MR) is 122 cm³/mol. The summed E-state index contributed by atoms with van der Waals surface area (Å²) < 4.78 is 10.7. The molecule has 1 heterocycles. The summed E-state index contributed by atoms with van der Waals surface area (Å²) in [5.74, 6) is 2.18. The first kappa shape index (κ1) is 21.0. The second-order valence-corrected chi connectivity index (χ2v) is 8.50. The third kappa shape index (κ3) is 3.87. The molecule has 0 unspecified atom stereocenters. The predicted octanol–water partition coefficient (Wildman–Crippen LogP) is 5.16. The Morgan fingerprint density at radius 1 is 1.07 bits per heavy atom. The third-order valence-corrected chi connectivity index (χ3v) is 6.35. The van der Waals surface area contributed by atoms with Gasteiger partial charge in [0, 0.05) is 35.3 Å². The van der Waals surface area contributed by atoms with Gasteiger partial charge in [0.05, 0.1) is 29.8 Å². The second-order valence-electron chi connectivity index (χ2n) is 7.74. The summed E-state index contributed by atoms with van der Waals surface area (Å²) in [7, 11) is 3.11. The highest BCUT2D eigenvalue weighted by atomic mass is 35.5. The molecule has 3 atom stereocenters. The number of methoxy groups -OCH3 is 2. The van der Waals surface area contributed by atoms with Crippen molar-refractivity contribution >= 4 is 40.1 Å². The summed E-state index contributed by atoms with van der Waals surface area (Å²) in [5, 5.41) is 5.10. The number of ether oxygens (including phenoxy) is 2. The summed E-state index contributed by atoms with van der Waals surface area (Å²) in [5.41, 5.74) is 8.51. The molecule has 158 valence electrons. The molecule has 1 aliphatic carbocycles. The van der Waals surface area contributed by atoms with Crippen LogP contribution in [0, 0.1) is 5.92 Å². The molecule has 6 nitrogen and oxygen atoms in total. The van der Waals surface area contributed by atoms with Gasteiger partial charge in [-0.1, -0.05) is 36.2 Å². The Hall–Kier alpha value is -2.28. The lowest BCUT2D eigenvalue weighted by Crippen LogP contribution is -2.35. The number of nitrogens with one attached hydrogen (secondary N) is 1. The Labute approximate surface area is 185 Å². The van der Waals surface area contributed by atoms with Crippen LogP contribution in [0.4, 0.5) is 5.95 Å². The van der Waals surface area contributed by atoms with Gasteiger partial charge >= 0.3 is 0 Å². The van der Waals surface area contributed by atoms with Crippen LogP contribution >= 0.6 is 23.2 Å². The minimum Gasteiger partial charge on any atom is -0.495 e. The van der Waals surface area contributed by atoms with Crippen LogP contribution in [0.15, 0.2) is 30.5 Å². The molecule has 4 rings (SSSR count). The number of hydrogen-bond acceptors (Lipinski definition) is 6. The van der Waals surface area contributed by atoms with Crippen molar-refractivity contribution in [2.45, 2.75) is 31.8 Å². The van der Waals surface area contributed by atoms with E-state index in [4.69, 9.17) is 38.4 Å². The molecule has 3 aromatic rings. The van der Waals surface area contributed by atoms with Crippen molar-refractivity contribution in [2.75, 3.05) is 19.5 Å². The van der Waals surface area contributed by atoms with Gasteiger partial charge in [-0.15, -0.1) is 0 Å². The zero-order valence-electron chi connectivity index (χ0n) is 17.1. The van der Waals surface area contributed by atoms with Gasteiger partial charge in [0.1, 0.15) is 11.5 Å². The summed E-state index contributed by atoms with van der Waals surface area (Å²) in [6.07, 6.45) is 3.83. The Morgan fingerprint density at radius 3 is 2.37 bits per heavy atom. The van der Waals surface area contributed by atoms with E-state index in [9.17, 15) is 0 Å². The number of anilines is 1. The number of rotatable bonds is 5. The minimum absolute atomic E-state index is 0.119. The fourth-order valence-corrected chi connectivity index (χ4v) is 4.78. The Kier molecular flexibility index (Phi) is 5.91. The number of nitrogens with two attached hydrogens (primary N) is 1. The van der Waals surface area contributed by atoms with E-state index < -0.39 is 0 Å². The smallest absolute Gasteiger partial charge is 0.223 e. The molecule has 8 heteroatoms. The largest absolute Gasteiger partial charge is 0.495 e. The van der Waals surface area contributed by atoms with Gasteiger partial charge in [-0.2, -0.15) is 0 Å². The van der Waals surface area contributed by atoms with Gasteiger partial charge in [-0.05, 0) is 36.5 Å². The van der Waals surface area contributed by atoms with Crippen molar-refractivity contribution in [3.05, 3.63) is 40.5 Å². The number of halogens is 2. The zero-order valence-corrected chi connectivity index (χ0v) is 18.6. The number of hydrogen-bond donors (Lipinski definition) is 2. The van der Waals surface area contributed by atoms with Crippen molar-refractivity contribution in [1.82, 2.24) is 9.97 Å². The van der Waals surface area contributed by atoms with Crippen LogP contribution in [0.5, 0.6) is 11.5 Å². The molecule has 1 aliphatic rings. The van der Waals surface area contributed by atoms with Crippen LogP contribution in [0.3, 0.4) is 0 Å². The molecule has 0 spiro atoms. The Balaban J connectivity index is 1.70. The van der Waals surface area contributed by atoms with Gasteiger partial charge in [0.2, 0.25) is 5.95 Å². The average Bonchev–Trinajstić information content (AvgIpc) is 3.05. The van der Waals surface area contributed by atoms with Crippen LogP contribution in [0.1, 0.15) is 19.8 Å². The van der Waals surface area contributed by atoms with Gasteiger partial charge in [0.25, 0.3) is 0 Å². The van der Waals surface area contributed by atoms with Gasteiger partial charge in [-0.3, -0.25) is 0 Å². The molecule has 0 radical (unpaired) electrons. The third-order valence-electron chi connectivity index (χ3n) is 5.60. The van der Waals surface area contributed by atoms with E-state index in [0.29, 0.717) is 39.0 Å². The quantitative estimate of drug-likeness (QED) is 0.563. The summed E-state index contributed by atoms with van der Waals surface area (Å²) in [4.78, 5) is 9.14. The maximum absolute atomic E-state index is 6.56. The highest BCUT2D eigenvalue weighted by Crippen LogP contribution is 2.46. The van der Waals surface area contributed by atoms with E-state index in [1.165, 1.54) is 0 Å². The Bertz CT molecular complexity index is 1060. The topological polar surface area (TPSA) is 82.3 Å². The summed E-state index contributed by atoms with van der Waals surface area (Å²) >= 11 is 13.1. The first-order chi connectivity index (χ1) is 14.4. The minimum atomic E-state index is 0.119. The van der Waals surface area contributed by atoms with Crippen molar-refractivity contribution in [1.29, 1.82) is 0 Å². The molecule has 0 saturated heterocycles. The molecule has 3 N–H and O–H groups in total. The molecule has 1 aromatic heterocycles. The van der Waals surface area contributed by atoms with E-state index in [2.05, 4.69) is 22.2 Å². The molecular weight excluding hydrogens is 423 g/mol. The Morgan fingerprint density at radius 2 is 1.77 bits per heavy atom. The molecular formula is C22H24Cl2N4O2. The van der Waals surface area contributed by atoms with E-state index >= 15 is 0 Å². The lowest BCUT2D eigenvalue weighted by Gasteiger charge is -2.17. The van der Waals surface area contributed by atoms with Crippen LogP contribution in [-0.4, -0.2) is 36.3 Å². The van der Waals surface area contributed by atoms with Crippen molar-refractivity contribution < 1.29 is 9.47 Å². The van der Waals surface area contributed by atoms with Crippen LogP contribution in [0.2, 0.25) is 10.0 Å². The molecule has 30 heavy (non-hydrogen) atoms. The van der Waals surface area contributed by atoms with Crippen LogP contribution in [0.25, 0.3) is 22.0 Å². The normalized spacial score (nSPS) is 21.1. The lowest BCUT2D eigenvalue weighted by molar-refractivity contribution is 0.395. The highest BCUT2D eigenvalue weighted by molar-refractivity contribution is 6.41. The highest BCUT2D eigenvalue weighted by Gasteiger charge is 2.29. The van der Waals surface area contributed by atoms with Gasteiger partial charge < -0.3 is 20.5 Å². The fourth-order valence-electron chi connectivity index (χ4n) is 4.06.